The highest BCUT2D eigenvalue weighted by atomic mass is 32.2. The lowest BCUT2D eigenvalue weighted by atomic mass is 10.1. The van der Waals surface area contributed by atoms with Crippen LogP contribution in [-0.4, -0.2) is 31.9 Å². The maximum atomic E-state index is 14.1. The highest BCUT2D eigenvalue weighted by Crippen LogP contribution is 2.32. The predicted octanol–water partition coefficient (Wildman–Crippen LogP) is 2.17. The Morgan fingerprint density at radius 2 is 1.95 bits per heavy atom. The SMILES string of the molecule is Cc1c(F)cc(CNC2CC2)cc1S(=O)(=O)N(C)C1CC1. The molecule has 1 N–H and O–H groups in total. The van der Waals surface area contributed by atoms with Gasteiger partial charge in [-0.05, 0) is 50.3 Å². The Morgan fingerprint density at radius 3 is 2.52 bits per heavy atom. The van der Waals surface area contributed by atoms with Crippen molar-refractivity contribution in [1.29, 1.82) is 0 Å². The summed E-state index contributed by atoms with van der Waals surface area (Å²) in [5.74, 6) is -0.451. The number of benzene rings is 1. The van der Waals surface area contributed by atoms with Crippen LogP contribution in [0.3, 0.4) is 0 Å². The van der Waals surface area contributed by atoms with E-state index in [4.69, 9.17) is 0 Å². The molecule has 4 nitrogen and oxygen atoms in total. The molecule has 3 rings (SSSR count). The summed E-state index contributed by atoms with van der Waals surface area (Å²) in [7, 11) is -2.03. The van der Waals surface area contributed by atoms with Gasteiger partial charge in [-0.3, -0.25) is 0 Å². The van der Waals surface area contributed by atoms with Crippen molar-refractivity contribution in [3.05, 3.63) is 29.1 Å². The first-order chi connectivity index (χ1) is 9.89. The first-order valence-electron chi connectivity index (χ1n) is 7.40. The van der Waals surface area contributed by atoms with Crippen molar-refractivity contribution in [2.24, 2.45) is 0 Å². The summed E-state index contributed by atoms with van der Waals surface area (Å²) in [6.45, 7) is 2.04. The van der Waals surface area contributed by atoms with E-state index in [-0.39, 0.29) is 16.5 Å². The third kappa shape index (κ3) is 3.12. The molecule has 116 valence electrons. The molecule has 0 heterocycles. The van der Waals surface area contributed by atoms with Crippen LogP contribution in [0.15, 0.2) is 17.0 Å². The second-order valence-corrected chi connectivity index (χ2v) is 8.07. The second kappa shape index (κ2) is 5.34. The lowest BCUT2D eigenvalue weighted by Crippen LogP contribution is -2.30. The lowest BCUT2D eigenvalue weighted by molar-refractivity contribution is 0.462. The zero-order valence-corrected chi connectivity index (χ0v) is 13.2. The molecule has 0 unspecified atom stereocenters. The number of sulfonamides is 1. The van der Waals surface area contributed by atoms with Crippen LogP contribution in [0.4, 0.5) is 4.39 Å². The molecule has 2 aliphatic rings. The maximum Gasteiger partial charge on any atom is 0.243 e. The number of hydrogen-bond donors (Lipinski definition) is 1. The van der Waals surface area contributed by atoms with E-state index in [1.807, 2.05) is 0 Å². The van der Waals surface area contributed by atoms with E-state index in [9.17, 15) is 12.8 Å². The van der Waals surface area contributed by atoms with E-state index in [0.29, 0.717) is 18.2 Å². The van der Waals surface area contributed by atoms with Gasteiger partial charge in [0.25, 0.3) is 0 Å². The fourth-order valence-electron chi connectivity index (χ4n) is 2.42. The van der Waals surface area contributed by atoms with Crippen LogP contribution in [-0.2, 0) is 16.6 Å². The van der Waals surface area contributed by atoms with E-state index in [1.165, 1.54) is 17.3 Å². The van der Waals surface area contributed by atoms with Gasteiger partial charge in [-0.15, -0.1) is 0 Å². The molecule has 0 spiro atoms. The summed E-state index contributed by atoms with van der Waals surface area (Å²) in [6.07, 6.45) is 4.06. The summed E-state index contributed by atoms with van der Waals surface area (Å²) >= 11 is 0. The van der Waals surface area contributed by atoms with Crippen molar-refractivity contribution in [1.82, 2.24) is 9.62 Å². The van der Waals surface area contributed by atoms with Gasteiger partial charge in [-0.2, -0.15) is 4.31 Å². The summed E-state index contributed by atoms with van der Waals surface area (Å²) in [5, 5.41) is 3.29. The lowest BCUT2D eigenvalue weighted by Gasteiger charge is -2.19. The van der Waals surface area contributed by atoms with Crippen molar-refractivity contribution in [3.63, 3.8) is 0 Å². The predicted molar refractivity (Wildman–Crippen MR) is 79.0 cm³/mol. The normalized spacial score (nSPS) is 19.2. The molecule has 0 radical (unpaired) electrons. The second-order valence-electron chi connectivity index (χ2n) is 6.11. The summed E-state index contributed by atoms with van der Waals surface area (Å²) < 4.78 is 40.7. The maximum absolute atomic E-state index is 14.1. The Balaban J connectivity index is 1.91. The topological polar surface area (TPSA) is 49.4 Å². The highest BCUT2D eigenvalue weighted by Gasteiger charge is 2.36. The molecule has 0 saturated heterocycles. The van der Waals surface area contributed by atoms with Crippen LogP contribution in [0.5, 0.6) is 0 Å². The molecule has 0 amide bonds. The van der Waals surface area contributed by atoms with Gasteiger partial charge in [0.15, 0.2) is 0 Å². The molecule has 21 heavy (non-hydrogen) atoms. The summed E-state index contributed by atoms with van der Waals surface area (Å²) in [5.41, 5.74) is 0.894. The van der Waals surface area contributed by atoms with Gasteiger partial charge in [-0.25, -0.2) is 12.8 Å². The van der Waals surface area contributed by atoms with E-state index < -0.39 is 15.8 Å². The standard InChI is InChI=1S/C15H21FN2O2S/c1-10-14(16)7-11(9-17-12-3-4-12)8-15(10)21(19,20)18(2)13-5-6-13/h7-8,12-13,17H,3-6,9H2,1-2H3. The van der Waals surface area contributed by atoms with Gasteiger partial charge in [0, 0.05) is 31.2 Å². The first-order valence-corrected chi connectivity index (χ1v) is 8.84. The number of nitrogens with one attached hydrogen (secondary N) is 1. The minimum atomic E-state index is -3.61. The molecular formula is C15H21FN2O2S. The molecule has 0 bridgehead atoms. The molecule has 1 aromatic rings. The molecule has 0 aliphatic heterocycles. The number of nitrogens with zero attached hydrogens (tertiary/aromatic N) is 1. The molecule has 0 atom stereocenters. The fourth-order valence-corrected chi connectivity index (χ4v) is 4.11. The quantitative estimate of drug-likeness (QED) is 0.876. The van der Waals surface area contributed by atoms with Crippen molar-refractivity contribution >= 4 is 10.0 Å². The van der Waals surface area contributed by atoms with Crippen LogP contribution < -0.4 is 5.32 Å². The minimum absolute atomic E-state index is 0.0747. The van der Waals surface area contributed by atoms with Crippen LogP contribution in [0.2, 0.25) is 0 Å². The molecular weight excluding hydrogens is 291 g/mol. The zero-order valence-electron chi connectivity index (χ0n) is 12.4. The number of rotatable bonds is 6. The number of hydrogen-bond acceptors (Lipinski definition) is 3. The van der Waals surface area contributed by atoms with Crippen LogP contribution in [0.25, 0.3) is 0 Å². The van der Waals surface area contributed by atoms with Crippen LogP contribution in [0, 0.1) is 12.7 Å². The smallest absolute Gasteiger partial charge is 0.243 e. The third-order valence-corrected chi connectivity index (χ3v) is 6.28. The molecule has 2 aliphatic carbocycles. The Morgan fingerprint density at radius 1 is 1.29 bits per heavy atom. The summed E-state index contributed by atoms with van der Waals surface area (Å²) in [4.78, 5) is 0.101. The molecule has 6 heteroatoms. The third-order valence-electron chi connectivity index (χ3n) is 4.25. The Bertz CT molecular complexity index is 652. The number of halogens is 1. The average Bonchev–Trinajstić information content (AvgIpc) is 3.31. The van der Waals surface area contributed by atoms with Gasteiger partial charge in [0.1, 0.15) is 5.82 Å². The van der Waals surface area contributed by atoms with E-state index in [2.05, 4.69) is 5.32 Å². The molecule has 0 aromatic heterocycles. The van der Waals surface area contributed by atoms with Gasteiger partial charge >= 0.3 is 0 Å². The summed E-state index contributed by atoms with van der Waals surface area (Å²) in [6, 6.07) is 3.62. The van der Waals surface area contributed by atoms with E-state index >= 15 is 0 Å². The Labute approximate surface area is 125 Å². The molecule has 1 aromatic carbocycles. The average molecular weight is 312 g/mol. The van der Waals surface area contributed by atoms with E-state index in [1.54, 1.807) is 13.1 Å². The van der Waals surface area contributed by atoms with Crippen molar-refractivity contribution in [3.8, 4) is 0 Å². The monoisotopic (exact) mass is 312 g/mol. The van der Waals surface area contributed by atoms with E-state index in [0.717, 1.165) is 25.7 Å². The first kappa shape index (κ1) is 14.9. The zero-order chi connectivity index (χ0) is 15.2. The van der Waals surface area contributed by atoms with Gasteiger partial charge < -0.3 is 5.32 Å². The van der Waals surface area contributed by atoms with Gasteiger partial charge in [0.05, 0.1) is 4.90 Å². The fraction of sp³-hybridized carbons (Fsp3) is 0.600. The molecule has 2 saturated carbocycles. The largest absolute Gasteiger partial charge is 0.310 e. The van der Waals surface area contributed by atoms with Crippen LogP contribution >= 0.6 is 0 Å². The Kier molecular flexibility index (Phi) is 3.80. The molecule has 2 fully saturated rings. The Hall–Kier alpha value is -0.980. The van der Waals surface area contributed by atoms with Gasteiger partial charge in [-0.1, -0.05) is 0 Å². The van der Waals surface area contributed by atoms with Crippen molar-refractivity contribution < 1.29 is 12.8 Å². The van der Waals surface area contributed by atoms with Crippen molar-refractivity contribution in [2.75, 3.05) is 7.05 Å². The highest BCUT2D eigenvalue weighted by molar-refractivity contribution is 7.89. The van der Waals surface area contributed by atoms with Crippen LogP contribution in [0.1, 0.15) is 36.8 Å². The van der Waals surface area contributed by atoms with Gasteiger partial charge in [0.2, 0.25) is 10.0 Å². The minimum Gasteiger partial charge on any atom is -0.310 e. The van der Waals surface area contributed by atoms with Crippen molar-refractivity contribution in [2.45, 2.75) is 56.1 Å².